The third kappa shape index (κ3) is 6.36. The van der Waals surface area contributed by atoms with Gasteiger partial charge in [-0.05, 0) is 24.8 Å². The van der Waals surface area contributed by atoms with E-state index in [0.29, 0.717) is 11.5 Å². The maximum Gasteiger partial charge on any atom is 0.0944 e. The van der Waals surface area contributed by atoms with Crippen molar-refractivity contribution >= 4 is 11.3 Å². The molecule has 0 aliphatic carbocycles. The van der Waals surface area contributed by atoms with Gasteiger partial charge < -0.3 is 5.32 Å². The molecular weight excluding hydrogens is 264 g/mol. The lowest BCUT2D eigenvalue weighted by Crippen LogP contribution is -2.35. The van der Waals surface area contributed by atoms with Gasteiger partial charge in [-0.3, -0.25) is 0 Å². The van der Waals surface area contributed by atoms with E-state index >= 15 is 0 Å². The molecule has 1 aromatic rings. The molecule has 2 nitrogen and oxygen atoms in total. The zero-order valence-electron chi connectivity index (χ0n) is 14.3. The Hall–Kier alpha value is -0.410. The van der Waals surface area contributed by atoms with Crippen LogP contribution in [0.3, 0.4) is 0 Å². The molecule has 0 bridgehead atoms. The lowest BCUT2D eigenvalue weighted by molar-refractivity contribution is 0.306. The molecule has 1 atom stereocenters. The highest BCUT2D eigenvalue weighted by molar-refractivity contribution is 7.09. The average molecular weight is 297 g/mol. The van der Waals surface area contributed by atoms with Crippen LogP contribution in [0.4, 0.5) is 0 Å². The van der Waals surface area contributed by atoms with Crippen molar-refractivity contribution in [1.29, 1.82) is 0 Å². The molecule has 0 aromatic carbocycles. The Balaban J connectivity index is 2.71. The number of hydrogen-bond donors (Lipinski definition) is 1. The lowest BCUT2D eigenvalue weighted by atomic mass is 9.87. The minimum Gasteiger partial charge on any atom is -0.314 e. The minimum atomic E-state index is 0.158. The summed E-state index contributed by atoms with van der Waals surface area (Å²) in [6.07, 6.45) is 3.43. The van der Waals surface area contributed by atoms with E-state index in [0.717, 1.165) is 13.0 Å². The molecule has 0 amide bonds. The molecule has 0 fully saturated rings. The summed E-state index contributed by atoms with van der Waals surface area (Å²) in [6.45, 7) is 17.0. The third-order valence-electron chi connectivity index (χ3n) is 3.28. The molecule has 0 spiro atoms. The van der Waals surface area contributed by atoms with Gasteiger partial charge in [0.15, 0.2) is 0 Å². The molecule has 0 aliphatic heterocycles. The fourth-order valence-electron chi connectivity index (χ4n) is 2.26. The van der Waals surface area contributed by atoms with Crippen LogP contribution in [0.2, 0.25) is 0 Å². The second-order valence-electron chi connectivity index (χ2n) is 8.00. The Kier molecular flexibility index (Phi) is 6.21. The van der Waals surface area contributed by atoms with E-state index in [9.17, 15) is 0 Å². The molecule has 1 N–H and O–H groups in total. The SMILES string of the molecule is CCCNC(Cc1nc(C(C)(C)C)cs1)CC(C)(C)C. The molecule has 20 heavy (non-hydrogen) atoms. The van der Waals surface area contributed by atoms with Crippen molar-refractivity contribution in [2.45, 2.75) is 79.2 Å². The number of nitrogens with zero attached hydrogens (tertiary/aromatic N) is 1. The van der Waals surface area contributed by atoms with Gasteiger partial charge in [-0.2, -0.15) is 0 Å². The maximum absolute atomic E-state index is 4.84. The van der Waals surface area contributed by atoms with Crippen LogP contribution >= 0.6 is 11.3 Å². The first-order valence-corrected chi connectivity index (χ1v) is 8.68. The summed E-state index contributed by atoms with van der Waals surface area (Å²) in [5.74, 6) is 0. The van der Waals surface area contributed by atoms with Gasteiger partial charge in [0, 0.05) is 23.3 Å². The van der Waals surface area contributed by atoms with Gasteiger partial charge in [0.2, 0.25) is 0 Å². The Morgan fingerprint density at radius 3 is 2.30 bits per heavy atom. The van der Waals surface area contributed by atoms with Crippen molar-refractivity contribution in [3.05, 3.63) is 16.1 Å². The van der Waals surface area contributed by atoms with Gasteiger partial charge in [-0.25, -0.2) is 4.98 Å². The third-order valence-corrected chi connectivity index (χ3v) is 4.15. The monoisotopic (exact) mass is 296 g/mol. The Morgan fingerprint density at radius 1 is 1.20 bits per heavy atom. The molecule has 1 heterocycles. The summed E-state index contributed by atoms with van der Waals surface area (Å²) < 4.78 is 0. The highest BCUT2D eigenvalue weighted by Gasteiger charge is 2.22. The van der Waals surface area contributed by atoms with Crippen molar-refractivity contribution < 1.29 is 0 Å². The van der Waals surface area contributed by atoms with Crippen LogP contribution in [0.25, 0.3) is 0 Å². The second kappa shape index (κ2) is 7.04. The van der Waals surface area contributed by atoms with Gasteiger partial charge in [0.05, 0.1) is 10.7 Å². The zero-order valence-corrected chi connectivity index (χ0v) is 15.2. The quantitative estimate of drug-likeness (QED) is 0.816. The van der Waals surface area contributed by atoms with Crippen molar-refractivity contribution in [1.82, 2.24) is 10.3 Å². The first-order valence-electron chi connectivity index (χ1n) is 7.80. The number of nitrogens with one attached hydrogen (secondary N) is 1. The second-order valence-corrected chi connectivity index (χ2v) is 8.94. The summed E-state index contributed by atoms with van der Waals surface area (Å²) in [5.41, 5.74) is 1.74. The first kappa shape index (κ1) is 17.6. The summed E-state index contributed by atoms with van der Waals surface area (Å²) in [6, 6.07) is 0.536. The van der Waals surface area contributed by atoms with E-state index in [1.165, 1.54) is 23.5 Å². The average Bonchev–Trinajstić information content (AvgIpc) is 2.72. The van der Waals surface area contributed by atoms with Gasteiger partial charge in [-0.1, -0.05) is 48.5 Å². The zero-order chi connectivity index (χ0) is 15.4. The van der Waals surface area contributed by atoms with E-state index in [1.807, 2.05) is 11.3 Å². The molecule has 1 unspecified atom stereocenters. The van der Waals surface area contributed by atoms with Crippen LogP contribution in [0.15, 0.2) is 5.38 Å². The fraction of sp³-hybridized carbons (Fsp3) is 0.824. The van der Waals surface area contributed by atoms with Crippen molar-refractivity contribution in [2.24, 2.45) is 5.41 Å². The van der Waals surface area contributed by atoms with E-state index in [2.05, 4.69) is 59.2 Å². The van der Waals surface area contributed by atoms with Crippen molar-refractivity contribution in [3.8, 4) is 0 Å². The Labute approximate surface area is 129 Å². The van der Waals surface area contributed by atoms with E-state index < -0.39 is 0 Å². The molecule has 1 aromatic heterocycles. The van der Waals surface area contributed by atoms with Crippen LogP contribution in [0.5, 0.6) is 0 Å². The molecule has 0 radical (unpaired) electrons. The smallest absolute Gasteiger partial charge is 0.0944 e. The van der Waals surface area contributed by atoms with Crippen LogP contribution in [0.1, 0.15) is 72.0 Å². The lowest BCUT2D eigenvalue weighted by Gasteiger charge is -2.26. The van der Waals surface area contributed by atoms with E-state index in [4.69, 9.17) is 4.98 Å². The van der Waals surface area contributed by atoms with Crippen molar-refractivity contribution in [3.63, 3.8) is 0 Å². The fourth-order valence-corrected chi connectivity index (χ4v) is 3.37. The molecule has 116 valence electrons. The molecule has 0 aliphatic rings. The predicted octanol–water partition coefficient (Wildman–Crippen LogP) is 4.79. The number of hydrogen-bond acceptors (Lipinski definition) is 3. The van der Waals surface area contributed by atoms with Crippen LogP contribution in [0, 0.1) is 5.41 Å². The van der Waals surface area contributed by atoms with Gasteiger partial charge in [0.1, 0.15) is 0 Å². The van der Waals surface area contributed by atoms with Crippen LogP contribution in [-0.2, 0) is 11.8 Å². The molecule has 3 heteroatoms. The summed E-state index contributed by atoms with van der Waals surface area (Å²) >= 11 is 1.81. The molecule has 0 saturated carbocycles. The first-order chi connectivity index (χ1) is 9.12. The highest BCUT2D eigenvalue weighted by atomic mass is 32.1. The van der Waals surface area contributed by atoms with Gasteiger partial charge >= 0.3 is 0 Å². The van der Waals surface area contributed by atoms with Gasteiger partial charge in [-0.15, -0.1) is 11.3 Å². The van der Waals surface area contributed by atoms with Crippen LogP contribution in [-0.4, -0.2) is 17.6 Å². The standard InChI is InChI=1S/C17H32N2S/c1-8-9-18-13(11-16(2,3)4)10-15-19-14(12-20-15)17(5,6)7/h12-13,18H,8-11H2,1-7H3. The van der Waals surface area contributed by atoms with Crippen molar-refractivity contribution in [2.75, 3.05) is 6.54 Å². The maximum atomic E-state index is 4.84. The highest BCUT2D eigenvalue weighted by Crippen LogP contribution is 2.27. The molecular formula is C17H32N2S. The summed E-state index contributed by atoms with van der Waals surface area (Å²) in [4.78, 5) is 4.84. The topological polar surface area (TPSA) is 24.9 Å². The van der Waals surface area contributed by atoms with E-state index in [-0.39, 0.29) is 5.41 Å². The number of thiazole rings is 1. The number of aromatic nitrogens is 1. The van der Waals surface area contributed by atoms with Crippen LogP contribution < -0.4 is 5.32 Å². The molecule has 0 saturated heterocycles. The Morgan fingerprint density at radius 2 is 1.85 bits per heavy atom. The predicted molar refractivity (Wildman–Crippen MR) is 90.7 cm³/mol. The summed E-state index contributed by atoms with van der Waals surface area (Å²) in [5, 5.41) is 7.19. The van der Waals surface area contributed by atoms with E-state index in [1.54, 1.807) is 0 Å². The number of rotatable bonds is 6. The molecule has 1 rings (SSSR count). The van der Waals surface area contributed by atoms with Gasteiger partial charge in [0.25, 0.3) is 0 Å². The largest absolute Gasteiger partial charge is 0.314 e. The Bertz CT molecular complexity index is 396. The summed E-state index contributed by atoms with van der Waals surface area (Å²) in [7, 11) is 0. The normalized spacial score (nSPS) is 14.6. The minimum absolute atomic E-state index is 0.158.